The number of H-pyrrole nitrogens is 1. The lowest BCUT2D eigenvalue weighted by atomic mass is 9.83. The lowest BCUT2D eigenvalue weighted by molar-refractivity contribution is 0.397. The number of pyridine rings is 2. The van der Waals surface area contributed by atoms with Gasteiger partial charge in [-0.1, -0.05) is 24.3 Å². The minimum Gasteiger partial charge on any atom is -0.439 e. The molecule has 0 aliphatic carbocycles. The average Bonchev–Trinajstić information content (AvgIpc) is 2.79. The van der Waals surface area contributed by atoms with Gasteiger partial charge < -0.3 is 15.5 Å². The second-order valence-corrected chi connectivity index (χ2v) is 7.18. The standard InChI is InChI=1S/C24H15FN4O2/c25-16-7-5-13(6-8-16)14-9-15(12-28-11-14)20-18(10-26)23(27)31-22-17-3-1-2-4-19(17)29-24(30)21(20)22/h1-9,11-12,20H,27H2,(H,29,30). The Bertz CT molecular complexity index is 1470. The number of benzene rings is 2. The van der Waals surface area contributed by atoms with E-state index in [4.69, 9.17) is 10.5 Å². The number of ether oxygens (including phenoxy) is 1. The number of nitrogens with one attached hydrogen (secondary N) is 1. The predicted molar refractivity (Wildman–Crippen MR) is 113 cm³/mol. The van der Waals surface area contributed by atoms with Crippen LogP contribution in [0.1, 0.15) is 17.0 Å². The van der Waals surface area contributed by atoms with Crippen LogP contribution in [0.5, 0.6) is 5.75 Å². The van der Waals surface area contributed by atoms with Crippen molar-refractivity contribution in [1.82, 2.24) is 9.97 Å². The molecule has 0 saturated heterocycles. The topological polar surface area (TPSA) is 105 Å². The molecule has 7 heteroatoms. The maximum atomic E-state index is 13.3. The van der Waals surface area contributed by atoms with Crippen LogP contribution in [-0.2, 0) is 0 Å². The van der Waals surface area contributed by atoms with Gasteiger partial charge in [0.2, 0.25) is 5.88 Å². The zero-order valence-corrected chi connectivity index (χ0v) is 16.1. The molecule has 150 valence electrons. The van der Waals surface area contributed by atoms with Crippen LogP contribution in [0.25, 0.3) is 22.0 Å². The maximum absolute atomic E-state index is 13.3. The van der Waals surface area contributed by atoms with Crippen LogP contribution < -0.4 is 16.0 Å². The molecule has 3 heterocycles. The molecular formula is C24H15FN4O2. The molecule has 0 saturated carbocycles. The van der Waals surface area contributed by atoms with Gasteiger partial charge in [-0.05, 0) is 41.5 Å². The Kier molecular flexibility index (Phi) is 4.26. The number of para-hydroxylation sites is 1. The Labute approximate surface area is 176 Å². The third-order valence-corrected chi connectivity index (χ3v) is 5.35. The van der Waals surface area contributed by atoms with Crippen molar-refractivity contribution in [3.63, 3.8) is 0 Å². The average molecular weight is 410 g/mol. The molecule has 1 aliphatic rings. The molecule has 1 unspecified atom stereocenters. The van der Waals surface area contributed by atoms with Gasteiger partial charge in [0.05, 0.1) is 17.0 Å². The highest BCUT2D eigenvalue weighted by Gasteiger charge is 2.34. The number of hydrogen-bond acceptors (Lipinski definition) is 5. The van der Waals surface area contributed by atoms with E-state index in [0.717, 1.165) is 11.1 Å². The number of halogens is 1. The molecule has 0 fully saturated rings. The summed E-state index contributed by atoms with van der Waals surface area (Å²) in [6.07, 6.45) is 3.23. The highest BCUT2D eigenvalue weighted by atomic mass is 19.1. The Hall–Kier alpha value is -4.44. The van der Waals surface area contributed by atoms with Crippen molar-refractivity contribution in [1.29, 1.82) is 5.26 Å². The van der Waals surface area contributed by atoms with E-state index in [2.05, 4.69) is 16.0 Å². The molecule has 1 atom stereocenters. The Morgan fingerprint density at radius 1 is 1.10 bits per heavy atom. The quantitative estimate of drug-likeness (QED) is 0.521. The number of hydrogen-bond donors (Lipinski definition) is 2. The largest absolute Gasteiger partial charge is 0.439 e. The van der Waals surface area contributed by atoms with Crippen molar-refractivity contribution in [2.45, 2.75) is 5.92 Å². The summed E-state index contributed by atoms with van der Waals surface area (Å²) < 4.78 is 19.1. The van der Waals surface area contributed by atoms with Crippen LogP contribution >= 0.6 is 0 Å². The number of nitrogens with zero attached hydrogens (tertiary/aromatic N) is 2. The van der Waals surface area contributed by atoms with Gasteiger partial charge in [0.25, 0.3) is 5.56 Å². The fraction of sp³-hybridized carbons (Fsp3) is 0.0417. The summed E-state index contributed by atoms with van der Waals surface area (Å²) in [6.45, 7) is 0. The lowest BCUT2D eigenvalue weighted by Gasteiger charge is -2.26. The second kappa shape index (κ2) is 7.11. The number of nitriles is 1. The SMILES string of the molecule is N#CC1=C(N)Oc2c(c(=O)[nH]c3ccccc23)C1c1cncc(-c2ccc(F)cc2)c1. The summed E-state index contributed by atoms with van der Waals surface area (Å²) in [6, 6.07) is 17.1. The smallest absolute Gasteiger partial charge is 0.256 e. The first-order chi connectivity index (χ1) is 15.1. The Morgan fingerprint density at radius 3 is 2.65 bits per heavy atom. The third-order valence-electron chi connectivity index (χ3n) is 5.35. The molecule has 2 aromatic heterocycles. The number of rotatable bonds is 2. The monoisotopic (exact) mass is 410 g/mol. The van der Waals surface area contributed by atoms with E-state index in [0.29, 0.717) is 27.8 Å². The molecule has 6 nitrogen and oxygen atoms in total. The van der Waals surface area contributed by atoms with E-state index in [1.54, 1.807) is 36.7 Å². The van der Waals surface area contributed by atoms with Gasteiger partial charge in [-0.25, -0.2) is 4.39 Å². The van der Waals surface area contributed by atoms with Crippen LogP contribution in [0.4, 0.5) is 4.39 Å². The fourth-order valence-corrected chi connectivity index (χ4v) is 3.92. The van der Waals surface area contributed by atoms with Crippen molar-refractivity contribution in [3.8, 4) is 22.9 Å². The number of aromatic nitrogens is 2. The van der Waals surface area contributed by atoms with Crippen LogP contribution in [0.15, 0.2) is 83.2 Å². The van der Waals surface area contributed by atoms with E-state index >= 15 is 0 Å². The molecule has 3 N–H and O–H groups in total. The molecular weight excluding hydrogens is 395 g/mol. The number of nitrogens with two attached hydrogens (primary N) is 1. The molecule has 0 bridgehead atoms. The normalized spacial score (nSPS) is 15.3. The third kappa shape index (κ3) is 3.02. The summed E-state index contributed by atoms with van der Waals surface area (Å²) in [5, 5.41) is 10.5. The molecule has 0 spiro atoms. The second-order valence-electron chi connectivity index (χ2n) is 7.18. The van der Waals surface area contributed by atoms with Gasteiger partial charge in [0.15, 0.2) is 0 Å². The lowest BCUT2D eigenvalue weighted by Crippen LogP contribution is -2.28. The van der Waals surface area contributed by atoms with Gasteiger partial charge in [0.1, 0.15) is 23.2 Å². The van der Waals surface area contributed by atoms with E-state index in [9.17, 15) is 14.4 Å². The van der Waals surface area contributed by atoms with Crippen molar-refractivity contribution >= 4 is 10.9 Å². The van der Waals surface area contributed by atoms with Crippen LogP contribution in [0, 0.1) is 17.1 Å². The zero-order chi connectivity index (χ0) is 21.5. The molecule has 31 heavy (non-hydrogen) atoms. The highest BCUT2D eigenvalue weighted by Crippen LogP contribution is 2.43. The Balaban J connectivity index is 1.75. The van der Waals surface area contributed by atoms with Gasteiger partial charge in [-0.3, -0.25) is 9.78 Å². The van der Waals surface area contributed by atoms with E-state index in [-0.39, 0.29) is 22.8 Å². The first kappa shape index (κ1) is 18.6. The summed E-state index contributed by atoms with van der Waals surface area (Å²) in [4.78, 5) is 20.2. The fourth-order valence-electron chi connectivity index (χ4n) is 3.92. The van der Waals surface area contributed by atoms with E-state index in [1.165, 1.54) is 12.1 Å². The minimum absolute atomic E-state index is 0.0528. The molecule has 0 amide bonds. The highest BCUT2D eigenvalue weighted by molar-refractivity contribution is 5.87. The molecule has 4 aromatic rings. The van der Waals surface area contributed by atoms with Gasteiger partial charge >= 0.3 is 0 Å². The van der Waals surface area contributed by atoms with Crippen molar-refractivity contribution in [2.24, 2.45) is 5.73 Å². The van der Waals surface area contributed by atoms with Crippen LogP contribution in [-0.4, -0.2) is 9.97 Å². The first-order valence-corrected chi connectivity index (χ1v) is 9.50. The van der Waals surface area contributed by atoms with E-state index in [1.807, 2.05) is 18.2 Å². The number of allylic oxidation sites excluding steroid dienone is 1. The minimum atomic E-state index is -0.755. The van der Waals surface area contributed by atoms with Gasteiger partial charge in [0, 0.05) is 23.3 Å². The summed E-state index contributed by atoms with van der Waals surface area (Å²) in [5.74, 6) is -0.821. The summed E-state index contributed by atoms with van der Waals surface area (Å²) in [7, 11) is 0. The summed E-state index contributed by atoms with van der Waals surface area (Å²) >= 11 is 0. The van der Waals surface area contributed by atoms with Gasteiger partial charge in [-0.15, -0.1) is 0 Å². The van der Waals surface area contributed by atoms with E-state index < -0.39 is 5.92 Å². The van der Waals surface area contributed by atoms with Crippen LogP contribution in [0.2, 0.25) is 0 Å². The van der Waals surface area contributed by atoms with Gasteiger partial charge in [-0.2, -0.15) is 5.26 Å². The first-order valence-electron chi connectivity index (χ1n) is 9.50. The number of aromatic amines is 1. The molecule has 5 rings (SSSR count). The summed E-state index contributed by atoms with van der Waals surface area (Å²) in [5.41, 5.74) is 8.84. The molecule has 0 radical (unpaired) electrons. The predicted octanol–water partition coefficient (Wildman–Crippen LogP) is 3.95. The Morgan fingerprint density at radius 2 is 1.87 bits per heavy atom. The number of fused-ring (bicyclic) bond motifs is 3. The zero-order valence-electron chi connectivity index (χ0n) is 16.1. The van der Waals surface area contributed by atoms with Crippen LogP contribution in [0.3, 0.4) is 0 Å². The van der Waals surface area contributed by atoms with Crippen molar-refractivity contribution < 1.29 is 9.13 Å². The molecule has 1 aliphatic heterocycles. The van der Waals surface area contributed by atoms with Crippen molar-refractivity contribution in [3.05, 3.63) is 106 Å². The molecule has 2 aromatic carbocycles. The van der Waals surface area contributed by atoms with Crippen molar-refractivity contribution in [2.75, 3.05) is 0 Å². The maximum Gasteiger partial charge on any atom is 0.256 e.